The van der Waals surface area contributed by atoms with Gasteiger partial charge < -0.3 is 15.0 Å². The van der Waals surface area contributed by atoms with E-state index in [1.165, 1.54) is 22.9 Å². The normalized spacial score (nSPS) is 14.2. The summed E-state index contributed by atoms with van der Waals surface area (Å²) < 4.78 is 5.19. The lowest BCUT2D eigenvalue weighted by molar-refractivity contribution is -0.114. The number of hydrogen-bond donors (Lipinski definition) is 1. The zero-order valence-corrected chi connectivity index (χ0v) is 19.7. The Hall–Kier alpha value is -3.51. The van der Waals surface area contributed by atoms with Crippen LogP contribution in [0.2, 0.25) is 0 Å². The third-order valence-electron chi connectivity index (χ3n) is 5.55. The van der Waals surface area contributed by atoms with Gasteiger partial charge in [-0.25, -0.2) is 0 Å². The van der Waals surface area contributed by atoms with Gasteiger partial charge in [0.05, 0.1) is 17.7 Å². The Bertz CT molecular complexity index is 1200. The van der Waals surface area contributed by atoms with Crippen molar-refractivity contribution in [2.45, 2.75) is 18.2 Å². The molecule has 0 aliphatic carbocycles. The molecule has 5 nitrogen and oxygen atoms in total. The van der Waals surface area contributed by atoms with Gasteiger partial charge in [0, 0.05) is 24.1 Å². The van der Waals surface area contributed by atoms with Crippen LogP contribution in [0.3, 0.4) is 0 Å². The van der Waals surface area contributed by atoms with Crippen molar-refractivity contribution in [3.63, 3.8) is 0 Å². The lowest BCUT2D eigenvalue weighted by Crippen LogP contribution is -2.31. The molecule has 0 radical (unpaired) electrons. The standard InChI is InChI=1S/C27H26N2O3S/c1-18-4-6-19(7-5-18)14-15-28-26(30)21-10-13-24-23(17-21)29(2)27(31)25(33-24)16-20-8-11-22(32-3)12-9-20/h4-13,16-17H,14-15H2,1-3H3,(H,28,30)/b25-16-. The summed E-state index contributed by atoms with van der Waals surface area (Å²) in [7, 11) is 3.36. The predicted octanol–water partition coefficient (Wildman–Crippen LogP) is 5.09. The third kappa shape index (κ3) is 5.29. The fourth-order valence-electron chi connectivity index (χ4n) is 3.56. The van der Waals surface area contributed by atoms with Gasteiger partial charge >= 0.3 is 0 Å². The molecule has 1 N–H and O–H groups in total. The van der Waals surface area contributed by atoms with Crippen molar-refractivity contribution >= 4 is 35.3 Å². The Morgan fingerprint density at radius 3 is 2.48 bits per heavy atom. The fourth-order valence-corrected chi connectivity index (χ4v) is 4.66. The second-order valence-corrected chi connectivity index (χ2v) is 9.01. The Balaban J connectivity index is 1.45. The first-order valence-electron chi connectivity index (χ1n) is 10.7. The number of thioether (sulfide) groups is 1. The maximum absolute atomic E-state index is 13.0. The first kappa shape index (κ1) is 22.7. The first-order chi connectivity index (χ1) is 15.9. The van der Waals surface area contributed by atoms with Gasteiger partial charge in [-0.1, -0.05) is 53.7 Å². The van der Waals surface area contributed by atoms with Gasteiger partial charge in [-0.3, -0.25) is 9.59 Å². The maximum Gasteiger partial charge on any atom is 0.264 e. The number of nitrogens with one attached hydrogen (secondary N) is 1. The van der Waals surface area contributed by atoms with Crippen LogP contribution in [0.25, 0.3) is 6.08 Å². The molecule has 168 valence electrons. The molecule has 33 heavy (non-hydrogen) atoms. The molecule has 1 heterocycles. The summed E-state index contributed by atoms with van der Waals surface area (Å²) >= 11 is 1.42. The van der Waals surface area contributed by atoms with E-state index in [-0.39, 0.29) is 11.8 Å². The number of carbonyl (C=O) groups is 2. The minimum atomic E-state index is -0.143. The van der Waals surface area contributed by atoms with Crippen LogP contribution in [0.4, 0.5) is 5.69 Å². The molecule has 0 aromatic heterocycles. The summed E-state index contributed by atoms with van der Waals surface area (Å²) in [5.41, 5.74) is 4.61. The van der Waals surface area contributed by atoms with Crippen LogP contribution < -0.4 is 15.0 Å². The Morgan fingerprint density at radius 2 is 1.79 bits per heavy atom. The molecule has 0 saturated carbocycles. The summed E-state index contributed by atoms with van der Waals surface area (Å²) in [4.78, 5) is 28.8. The topological polar surface area (TPSA) is 58.6 Å². The molecule has 0 bridgehead atoms. The molecule has 0 fully saturated rings. The van der Waals surface area contributed by atoms with Crippen LogP contribution in [0, 0.1) is 6.92 Å². The second kappa shape index (κ2) is 9.96. The van der Waals surface area contributed by atoms with Gasteiger partial charge in [-0.05, 0) is 60.9 Å². The van der Waals surface area contributed by atoms with Crippen molar-refractivity contribution in [2.24, 2.45) is 0 Å². The van der Waals surface area contributed by atoms with Crippen molar-refractivity contribution in [2.75, 3.05) is 25.6 Å². The maximum atomic E-state index is 13.0. The number of rotatable bonds is 6. The van der Waals surface area contributed by atoms with E-state index in [4.69, 9.17) is 4.74 Å². The molecule has 1 aliphatic rings. The predicted molar refractivity (Wildman–Crippen MR) is 134 cm³/mol. The van der Waals surface area contributed by atoms with Crippen LogP contribution in [-0.4, -0.2) is 32.5 Å². The van der Waals surface area contributed by atoms with E-state index in [1.807, 2.05) is 42.5 Å². The molecule has 4 rings (SSSR count). The summed E-state index contributed by atoms with van der Waals surface area (Å²) in [6.45, 7) is 2.61. The number of hydrogen-bond acceptors (Lipinski definition) is 4. The van der Waals surface area contributed by atoms with Crippen molar-refractivity contribution in [1.82, 2.24) is 5.32 Å². The van der Waals surface area contributed by atoms with Gasteiger partial charge in [0.15, 0.2) is 0 Å². The number of aryl methyl sites for hydroxylation is 1. The highest BCUT2D eigenvalue weighted by molar-refractivity contribution is 8.04. The minimum Gasteiger partial charge on any atom is -0.497 e. The zero-order chi connectivity index (χ0) is 23.4. The smallest absolute Gasteiger partial charge is 0.264 e. The second-order valence-electron chi connectivity index (χ2n) is 7.92. The minimum absolute atomic E-state index is 0.0970. The highest BCUT2D eigenvalue weighted by Gasteiger charge is 2.27. The SMILES string of the molecule is COc1ccc(/C=C2\Sc3ccc(C(=O)NCCc4ccc(C)cc4)cc3N(C)C2=O)cc1. The Morgan fingerprint density at radius 1 is 1.06 bits per heavy atom. The molecule has 3 aromatic rings. The molecule has 6 heteroatoms. The van der Waals surface area contributed by atoms with E-state index >= 15 is 0 Å². The van der Waals surface area contributed by atoms with Crippen molar-refractivity contribution in [3.05, 3.63) is 93.9 Å². The van der Waals surface area contributed by atoms with Crippen LogP contribution in [0.1, 0.15) is 27.0 Å². The quantitative estimate of drug-likeness (QED) is 0.523. The Kier molecular flexibility index (Phi) is 6.84. The van der Waals surface area contributed by atoms with Gasteiger partial charge in [-0.15, -0.1) is 0 Å². The molecule has 0 atom stereocenters. The largest absolute Gasteiger partial charge is 0.497 e. The number of anilines is 1. The monoisotopic (exact) mass is 458 g/mol. The number of amides is 2. The van der Waals surface area contributed by atoms with E-state index < -0.39 is 0 Å². The summed E-state index contributed by atoms with van der Waals surface area (Å²) in [5.74, 6) is 0.530. The van der Waals surface area contributed by atoms with E-state index in [2.05, 4.69) is 36.5 Å². The number of benzene rings is 3. The van der Waals surface area contributed by atoms with E-state index in [9.17, 15) is 9.59 Å². The number of methoxy groups -OCH3 is 1. The summed E-state index contributed by atoms with van der Waals surface area (Å²) in [6.07, 6.45) is 2.64. The van der Waals surface area contributed by atoms with Gasteiger partial charge in [0.25, 0.3) is 11.8 Å². The number of ether oxygens (including phenoxy) is 1. The molecular formula is C27H26N2O3S. The van der Waals surface area contributed by atoms with Crippen LogP contribution in [0.5, 0.6) is 5.75 Å². The molecule has 3 aromatic carbocycles. The average molecular weight is 459 g/mol. The summed E-state index contributed by atoms with van der Waals surface area (Å²) in [6, 6.07) is 21.4. The van der Waals surface area contributed by atoms with Crippen molar-refractivity contribution < 1.29 is 14.3 Å². The van der Waals surface area contributed by atoms with Crippen molar-refractivity contribution in [3.8, 4) is 5.75 Å². The van der Waals surface area contributed by atoms with E-state index in [0.717, 1.165) is 28.3 Å². The lowest BCUT2D eigenvalue weighted by Gasteiger charge is -2.27. The van der Waals surface area contributed by atoms with Crippen LogP contribution in [0.15, 0.2) is 76.5 Å². The van der Waals surface area contributed by atoms with E-state index in [0.29, 0.717) is 17.0 Å². The molecule has 0 unspecified atom stereocenters. The van der Waals surface area contributed by atoms with Crippen LogP contribution >= 0.6 is 11.8 Å². The number of nitrogens with zero attached hydrogens (tertiary/aromatic N) is 1. The summed E-state index contributed by atoms with van der Waals surface area (Å²) in [5, 5.41) is 2.97. The molecule has 2 amide bonds. The molecule has 0 saturated heterocycles. The number of fused-ring (bicyclic) bond motifs is 1. The highest BCUT2D eigenvalue weighted by atomic mass is 32.2. The number of carbonyl (C=O) groups excluding carboxylic acids is 2. The van der Waals surface area contributed by atoms with Gasteiger partial charge in [0.2, 0.25) is 0 Å². The molecule has 0 spiro atoms. The van der Waals surface area contributed by atoms with E-state index in [1.54, 1.807) is 25.1 Å². The van der Waals surface area contributed by atoms with Crippen LogP contribution in [-0.2, 0) is 11.2 Å². The molecular weight excluding hydrogens is 432 g/mol. The first-order valence-corrected chi connectivity index (χ1v) is 11.6. The van der Waals surface area contributed by atoms with Crippen molar-refractivity contribution in [1.29, 1.82) is 0 Å². The fraction of sp³-hybridized carbons (Fsp3) is 0.185. The zero-order valence-electron chi connectivity index (χ0n) is 18.9. The third-order valence-corrected chi connectivity index (χ3v) is 6.63. The van der Waals surface area contributed by atoms with Gasteiger partial charge in [0.1, 0.15) is 5.75 Å². The Labute approximate surface area is 198 Å². The molecule has 1 aliphatic heterocycles. The number of likely N-dealkylation sites (N-methyl/N-ethyl adjacent to an activating group) is 1. The lowest BCUT2D eigenvalue weighted by atomic mass is 10.1. The average Bonchev–Trinajstić information content (AvgIpc) is 2.84. The highest BCUT2D eigenvalue weighted by Crippen LogP contribution is 2.42. The van der Waals surface area contributed by atoms with Gasteiger partial charge in [-0.2, -0.15) is 0 Å².